The second kappa shape index (κ2) is 8.43. The number of non-ortho nitro benzene ring substituents is 1. The smallest absolute Gasteiger partial charge is 0.269 e. The number of carbonyl (C=O) groups is 1. The Kier molecular flexibility index (Phi) is 5.30. The lowest BCUT2D eigenvalue weighted by atomic mass is 9.78. The van der Waals surface area contributed by atoms with Crippen molar-refractivity contribution in [2.45, 2.75) is 24.8 Å². The molecule has 7 heteroatoms. The van der Waals surface area contributed by atoms with E-state index in [0.29, 0.717) is 18.4 Å². The van der Waals surface area contributed by atoms with Crippen LogP contribution in [0.15, 0.2) is 84.1 Å². The summed E-state index contributed by atoms with van der Waals surface area (Å²) in [4.78, 5) is 24.2. The molecule has 0 aromatic heterocycles. The quantitative estimate of drug-likeness (QED) is 0.405. The van der Waals surface area contributed by atoms with E-state index in [1.54, 1.807) is 19.2 Å². The van der Waals surface area contributed by atoms with E-state index in [0.717, 1.165) is 33.9 Å². The van der Waals surface area contributed by atoms with Crippen LogP contribution in [-0.2, 0) is 4.79 Å². The number of nitro benzene ring substituents is 1. The van der Waals surface area contributed by atoms with E-state index in [1.165, 1.54) is 12.1 Å². The van der Waals surface area contributed by atoms with Gasteiger partial charge in [0.2, 0.25) is 0 Å². The molecule has 2 N–H and O–H groups in total. The largest absolute Gasteiger partial charge is 0.497 e. The Hall–Kier alpha value is -4.13. The number of hydrogen-bond acceptors (Lipinski definition) is 6. The van der Waals surface area contributed by atoms with Crippen LogP contribution in [0.5, 0.6) is 5.75 Å². The van der Waals surface area contributed by atoms with Gasteiger partial charge in [-0.3, -0.25) is 14.9 Å². The van der Waals surface area contributed by atoms with Gasteiger partial charge >= 0.3 is 0 Å². The minimum Gasteiger partial charge on any atom is -0.497 e. The highest BCUT2D eigenvalue weighted by Crippen LogP contribution is 2.44. The maximum atomic E-state index is 13.5. The van der Waals surface area contributed by atoms with Crippen molar-refractivity contribution in [1.82, 2.24) is 0 Å². The van der Waals surface area contributed by atoms with Crippen LogP contribution >= 0.6 is 0 Å². The van der Waals surface area contributed by atoms with Gasteiger partial charge in [-0.05, 0) is 59.9 Å². The third-order valence-electron chi connectivity index (χ3n) is 6.33. The second-order valence-electron chi connectivity index (χ2n) is 8.29. The first-order chi connectivity index (χ1) is 16.0. The van der Waals surface area contributed by atoms with Gasteiger partial charge in [0.25, 0.3) is 5.69 Å². The number of fused-ring (bicyclic) bond motifs is 1. The zero-order valence-corrected chi connectivity index (χ0v) is 18.1. The molecule has 0 fully saturated rings. The van der Waals surface area contributed by atoms with Crippen molar-refractivity contribution in [2.75, 3.05) is 17.7 Å². The fourth-order valence-electron chi connectivity index (χ4n) is 4.64. The maximum Gasteiger partial charge on any atom is 0.269 e. The molecule has 0 radical (unpaired) electrons. The minimum absolute atomic E-state index is 0.0228. The summed E-state index contributed by atoms with van der Waals surface area (Å²) in [5.41, 5.74) is 5.27. The fourth-order valence-corrected chi connectivity index (χ4v) is 4.64. The highest BCUT2D eigenvalue weighted by Gasteiger charge is 2.36. The van der Waals surface area contributed by atoms with Crippen molar-refractivity contribution in [3.8, 4) is 5.75 Å². The zero-order valence-electron chi connectivity index (χ0n) is 18.1. The van der Waals surface area contributed by atoms with E-state index in [2.05, 4.69) is 10.6 Å². The van der Waals surface area contributed by atoms with Crippen molar-refractivity contribution >= 4 is 22.8 Å². The first kappa shape index (κ1) is 20.8. The molecule has 33 heavy (non-hydrogen) atoms. The van der Waals surface area contributed by atoms with E-state index in [4.69, 9.17) is 4.74 Å². The molecule has 2 atom stereocenters. The fraction of sp³-hybridized carbons (Fsp3) is 0.192. The molecule has 0 saturated carbocycles. The van der Waals surface area contributed by atoms with E-state index in [1.807, 2.05) is 48.5 Å². The third kappa shape index (κ3) is 3.93. The molecule has 7 nitrogen and oxygen atoms in total. The van der Waals surface area contributed by atoms with Crippen LogP contribution in [0.2, 0.25) is 0 Å². The number of ether oxygens (including phenoxy) is 1. The molecule has 0 bridgehead atoms. The molecule has 5 rings (SSSR count). The van der Waals surface area contributed by atoms with Gasteiger partial charge in [-0.1, -0.05) is 24.3 Å². The molecule has 3 aromatic carbocycles. The molecule has 0 spiro atoms. The van der Waals surface area contributed by atoms with Gasteiger partial charge in [-0.2, -0.15) is 0 Å². The Morgan fingerprint density at radius 1 is 0.909 bits per heavy atom. The van der Waals surface area contributed by atoms with Gasteiger partial charge in [0.05, 0.1) is 29.4 Å². The lowest BCUT2D eigenvalue weighted by Crippen LogP contribution is -2.26. The van der Waals surface area contributed by atoms with Crippen LogP contribution < -0.4 is 15.4 Å². The van der Waals surface area contributed by atoms with E-state index >= 15 is 0 Å². The molecule has 1 aliphatic heterocycles. The van der Waals surface area contributed by atoms with Gasteiger partial charge in [0, 0.05) is 29.8 Å². The lowest BCUT2D eigenvalue weighted by Gasteiger charge is -2.30. The van der Waals surface area contributed by atoms with Gasteiger partial charge in [0.15, 0.2) is 5.78 Å². The van der Waals surface area contributed by atoms with Crippen LogP contribution in [0.1, 0.15) is 35.9 Å². The lowest BCUT2D eigenvalue weighted by molar-refractivity contribution is -0.384. The summed E-state index contributed by atoms with van der Waals surface area (Å²) >= 11 is 0. The molecule has 1 heterocycles. The number of hydrogen-bond donors (Lipinski definition) is 2. The number of para-hydroxylation sites is 2. The number of Topliss-reactive ketones (excluding diaryl/α,β-unsaturated/α-hetero) is 1. The molecular formula is C26H23N3O4. The van der Waals surface area contributed by atoms with E-state index in [9.17, 15) is 14.9 Å². The molecule has 1 aliphatic carbocycles. The molecule has 0 unspecified atom stereocenters. The van der Waals surface area contributed by atoms with Crippen LogP contribution in [0.25, 0.3) is 0 Å². The Balaban J connectivity index is 1.56. The maximum absolute atomic E-state index is 13.5. The van der Waals surface area contributed by atoms with Crippen molar-refractivity contribution in [3.05, 3.63) is 105 Å². The molecule has 0 saturated heterocycles. The topological polar surface area (TPSA) is 93.5 Å². The normalized spacial score (nSPS) is 19.5. The number of methoxy groups -OCH3 is 1. The van der Waals surface area contributed by atoms with Crippen LogP contribution in [-0.4, -0.2) is 17.8 Å². The molecule has 3 aromatic rings. The van der Waals surface area contributed by atoms with Crippen molar-refractivity contribution in [2.24, 2.45) is 0 Å². The van der Waals surface area contributed by atoms with Crippen LogP contribution in [0.3, 0.4) is 0 Å². The van der Waals surface area contributed by atoms with E-state index < -0.39 is 11.0 Å². The van der Waals surface area contributed by atoms with Crippen molar-refractivity contribution in [3.63, 3.8) is 0 Å². The molecular weight excluding hydrogens is 418 g/mol. The number of benzene rings is 3. The number of nitrogens with zero attached hydrogens (tertiary/aromatic N) is 1. The van der Waals surface area contributed by atoms with Crippen molar-refractivity contribution < 1.29 is 14.5 Å². The highest BCUT2D eigenvalue weighted by atomic mass is 16.6. The average Bonchev–Trinajstić information content (AvgIpc) is 3.01. The number of ketones is 1. The first-order valence-corrected chi connectivity index (χ1v) is 10.8. The minimum atomic E-state index is -0.420. The Morgan fingerprint density at radius 3 is 2.24 bits per heavy atom. The zero-order chi connectivity index (χ0) is 22.9. The number of carbonyl (C=O) groups excluding carboxylic acids is 1. The summed E-state index contributed by atoms with van der Waals surface area (Å²) in [7, 11) is 1.63. The summed E-state index contributed by atoms with van der Waals surface area (Å²) in [6.07, 6.45) is 1.08. The highest BCUT2D eigenvalue weighted by molar-refractivity contribution is 6.01. The number of allylic oxidation sites excluding steroid dienone is 1. The summed E-state index contributed by atoms with van der Waals surface area (Å²) in [6, 6.07) is 21.7. The standard InChI is InChI=1S/C26H23N3O4/c1-33-20-12-8-16(9-13-20)18-14-23-25(24(30)15-18)26(17-6-10-19(11-7-17)29(31)32)28-22-5-3-2-4-21(22)27-23/h2-13,18,26-28H,14-15H2,1H3/t18-,26-/m1/s1. The second-order valence-corrected chi connectivity index (χ2v) is 8.29. The van der Waals surface area contributed by atoms with Gasteiger partial charge in [-0.25, -0.2) is 0 Å². The number of nitro groups is 1. The molecule has 166 valence electrons. The van der Waals surface area contributed by atoms with Gasteiger partial charge < -0.3 is 15.4 Å². The summed E-state index contributed by atoms with van der Waals surface area (Å²) in [5.74, 6) is 0.899. The Labute approximate surface area is 191 Å². The number of nitrogens with one attached hydrogen (secondary N) is 2. The predicted molar refractivity (Wildman–Crippen MR) is 127 cm³/mol. The Bertz CT molecular complexity index is 1250. The summed E-state index contributed by atoms with van der Waals surface area (Å²) < 4.78 is 5.27. The average molecular weight is 441 g/mol. The summed E-state index contributed by atoms with van der Waals surface area (Å²) in [5, 5.41) is 18.1. The van der Waals surface area contributed by atoms with Crippen LogP contribution in [0.4, 0.5) is 17.1 Å². The third-order valence-corrected chi connectivity index (χ3v) is 6.33. The van der Waals surface area contributed by atoms with Crippen LogP contribution in [0, 0.1) is 10.1 Å². The first-order valence-electron chi connectivity index (χ1n) is 10.8. The number of rotatable bonds is 4. The predicted octanol–water partition coefficient (Wildman–Crippen LogP) is 5.58. The van der Waals surface area contributed by atoms with Gasteiger partial charge in [-0.15, -0.1) is 0 Å². The summed E-state index contributed by atoms with van der Waals surface area (Å²) in [6.45, 7) is 0. The number of anilines is 2. The van der Waals surface area contributed by atoms with E-state index in [-0.39, 0.29) is 17.4 Å². The molecule has 2 aliphatic rings. The van der Waals surface area contributed by atoms with Gasteiger partial charge in [0.1, 0.15) is 5.75 Å². The Morgan fingerprint density at radius 2 is 1.58 bits per heavy atom. The monoisotopic (exact) mass is 441 g/mol. The van der Waals surface area contributed by atoms with Crippen molar-refractivity contribution in [1.29, 1.82) is 0 Å². The SMILES string of the molecule is COc1ccc([C@H]2CC(=O)C3=C(C2)Nc2ccccc2N[C@@H]3c2ccc([N+](=O)[O-])cc2)cc1. The molecule has 0 amide bonds.